The van der Waals surface area contributed by atoms with E-state index in [1.807, 2.05) is 6.92 Å². The Balaban J connectivity index is 1.72. The minimum atomic E-state index is -1.49. The van der Waals surface area contributed by atoms with Crippen LogP contribution in [0.2, 0.25) is 0 Å². The second-order valence-corrected chi connectivity index (χ2v) is 8.27. The molecule has 2 aromatic rings. The molecule has 0 aliphatic rings. The SMILES string of the molecule is CCCCCCCCCc1ccc(-c2ncc(OCCC(F)C(F)CCC)cn2)cc1. The number of unbranched alkanes of at least 4 members (excludes halogenated alkanes) is 6. The van der Waals surface area contributed by atoms with Gasteiger partial charge in [-0.3, -0.25) is 0 Å². The average Bonchev–Trinajstić information content (AvgIpc) is 2.79. The number of aromatic nitrogens is 2. The molecule has 1 aromatic carbocycles. The first-order valence-corrected chi connectivity index (χ1v) is 12.0. The third-order valence-electron chi connectivity index (χ3n) is 5.53. The molecule has 2 rings (SSSR count). The maximum absolute atomic E-state index is 13.7. The van der Waals surface area contributed by atoms with Gasteiger partial charge < -0.3 is 4.74 Å². The molecule has 0 fully saturated rings. The number of rotatable bonds is 16. The van der Waals surface area contributed by atoms with Gasteiger partial charge in [0.15, 0.2) is 11.6 Å². The highest BCUT2D eigenvalue weighted by molar-refractivity contribution is 5.55. The molecule has 5 heteroatoms. The van der Waals surface area contributed by atoms with Gasteiger partial charge in [-0.05, 0) is 24.8 Å². The van der Waals surface area contributed by atoms with E-state index in [4.69, 9.17) is 4.74 Å². The maximum Gasteiger partial charge on any atom is 0.159 e. The highest BCUT2D eigenvalue weighted by Crippen LogP contribution is 2.19. The fourth-order valence-electron chi connectivity index (χ4n) is 3.57. The highest BCUT2D eigenvalue weighted by Gasteiger charge is 2.19. The first-order valence-electron chi connectivity index (χ1n) is 12.0. The van der Waals surface area contributed by atoms with Crippen molar-refractivity contribution in [1.29, 1.82) is 0 Å². The lowest BCUT2D eigenvalue weighted by Crippen LogP contribution is -2.19. The second kappa shape index (κ2) is 14.9. The Morgan fingerprint density at radius 3 is 2.03 bits per heavy atom. The van der Waals surface area contributed by atoms with Crippen LogP contribution in [0.4, 0.5) is 8.78 Å². The summed E-state index contributed by atoms with van der Waals surface area (Å²) < 4.78 is 32.6. The molecular weight excluding hydrogens is 394 g/mol. The predicted molar refractivity (Wildman–Crippen MR) is 124 cm³/mol. The van der Waals surface area contributed by atoms with Crippen LogP contribution in [0.3, 0.4) is 0 Å². The van der Waals surface area contributed by atoms with Crippen molar-refractivity contribution in [2.24, 2.45) is 0 Å². The van der Waals surface area contributed by atoms with Crippen LogP contribution in [0.15, 0.2) is 36.7 Å². The van der Waals surface area contributed by atoms with Crippen LogP contribution in [0, 0.1) is 0 Å². The summed E-state index contributed by atoms with van der Waals surface area (Å²) in [6, 6.07) is 8.39. The molecule has 3 nitrogen and oxygen atoms in total. The highest BCUT2D eigenvalue weighted by atomic mass is 19.2. The van der Waals surface area contributed by atoms with Gasteiger partial charge >= 0.3 is 0 Å². The molecule has 0 spiro atoms. The maximum atomic E-state index is 13.7. The van der Waals surface area contributed by atoms with Gasteiger partial charge in [0, 0.05) is 12.0 Å². The smallest absolute Gasteiger partial charge is 0.159 e. The van der Waals surface area contributed by atoms with E-state index in [1.165, 1.54) is 50.5 Å². The zero-order valence-electron chi connectivity index (χ0n) is 19.2. The van der Waals surface area contributed by atoms with Crippen molar-refractivity contribution in [2.45, 2.75) is 96.8 Å². The van der Waals surface area contributed by atoms with Crippen LogP contribution in [-0.2, 0) is 6.42 Å². The Hall–Kier alpha value is -2.04. The van der Waals surface area contributed by atoms with Crippen molar-refractivity contribution in [1.82, 2.24) is 9.97 Å². The van der Waals surface area contributed by atoms with Crippen molar-refractivity contribution < 1.29 is 13.5 Å². The van der Waals surface area contributed by atoms with Crippen molar-refractivity contribution in [3.8, 4) is 17.1 Å². The van der Waals surface area contributed by atoms with Crippen LogP contribution >= 0.6 is 0 Å². The van der Waals surface area contributed by atoms with E-state index in [1.54, 1.807) is 12.4 Å². The summed E-state index contributed by atoms with van der Waals surface area (Å²) in [7, 11) is 0. The molecule has 0 saturated heterocycles. The predicted octanol–water partition coefficient (Wildman–Crippen LogP) is 7.68. The molecule has 0 aliphatic heterocycles. The third-order valence-corrected chi connectivity index (χ3v) is 5.53. The van der Waals surface area contributed by atoms with E-state index in [9.17, 15) is 8.78 Å². The topological polar surface area (TPSA) is 35.0 Å². The number of aryl methyl sites for hydroxylation is 1. The van der Waals surface area contributed by atoms with Gasteiger partial charge in [-0.25, -0.2) is 18.7 Å². The Morgan fingerprint density at radius 1 is 0.774 bits per heavy atom. The minimum Gasteiger partial charge on any atom is -0.490 e. The number of benzene rings is 1. The van der Waals surface area contributed by atoms with Gasteiger partial charge in [0.2, 0.25) is 0 Å². The van der Waals surface area contributed by atoms with E-state index in [0.29, 0.717) is 18.0 Å². The number of hydrogen-bond donors (Lipinski definition) is 0. The lowest BCUT2D eigenvalue weighted by Gasteiger charge is -2.13. The number of alkyl halides is 2. The summed E-state index contributed by atoms with van der Waals surface area (Å²) in [4.78, 5) is 8.70. The molecule has 0 amide bonds. The van der Waals surface area contributed by atoms with Crippen LogP contribution in [0.25, 0.3) is 11.4 Å². The van der Waals surface area contributed by atoms with Gasteiger partial charge in [0.1, 0.15) is 12.3 Å². The minimum absolute atomic E-state index is 0.0309. The van der Waals surface area contributed by atoms with Crippen LogP contribution < -0.4 is 4.74 Å². The van der Waals surface area contributed by atoms with Crippen LogP contribution in [0.5, 0.6) is 5.75 Å². The summed E-state index contributed by atoms with van der Waals surface area (Å²) in [6.07, 6.45) is 11.5. The largest absolute Gasteiger partial charge is 0.490 e. The zero-order valence-corrected chi connectivity index (χ0v) is 19.2. The standard InChI is InChI=1S/C26H38F2N2O/c1-3-5-6-7-8-9-10-12-21-13-15-22(16-14-21)26-29-19-23(20-30-26)31-18-17-25(28)24(27)11-4-2/h13-16,19-20,24-25H,3-12,17-18H2,1-2H3. The summed E-state index contributed by atoms with van der Waals surface area (Å²) in [6.45, 7) is 4.21. The average molecular weight is 433 g/mol. The quantitative estimate of drug-likeness (QED) is 0.255. The molecule has 0 aliphatic carbocycles. The normalized spacial score (nSPS) is 13.2. The Bertz CT molecular complexity index is 706. The molecule has 2 unspecified atom stereocenters. The summed E-state index contributed by atoms with van der Waals surface area (Å²) in [5, 5.41) is 0. The zero-order chi connectivity index (χ0) is 22.3. The Morgan fingerprint density at radius 2 is 1.39 bits per heavy atom. The van der Waals surface area contributed by atoms with E-state index in [2.05, 4.69) is 41.2 Å². The number of ether oxygens (including phenoxy) is 1. The lowest BCUT2D eigenvalue weighted by molar-refractivity contribution is 0.129. The van der Waals surface area contributed by atoms with Crippen LogP contribution in [0.1, 0.15) is 83.6 Å². The number of nitrogens with zero attached hydrogens (tertiary/aromatic N) is 2. The van der Waals surface area contributed by atoms with E-state index in [-0.39, 0.29) is 19.4 Å². The van der Waals surface area contributed by atoms with Gasteiger partial charge in [-0.2, -0.15) is 0 Å². The Kier molecular flexibility index (Phi) is 12.1. The number of halogens is 2. The van der Waals surface area contributed by atoms with Gasteiger partial charge in [0.25, 0.3) is 0 Å². The van der Waals surface area contributed by atoms with E-state index < -0.39 is 12.3 Å². The molecule has 31 heavy (non-hydrogen) atoms. The van der Waals surface area contributed by atoms with Crippen molar-refractivity contribution in [3.63, 3.8) is 0 Å². The molecule has 0 N–H and O–H groups in total. The summed E-state index contributed by atoms with van der Waals surface area (Å²) >= 11 is 0. The monoisotopic (exact) mass is 432 g/mol. The molecule has 2 atom stereocenters. The second-order valence-electron chi connectivity index (χ2n) is 8.27. The first kappa shape index (κ1) is 25.2. The molecule has 1 aromatic heterocycles. The summed E-state index contributed by atoms with van der Waals surface area (Å²) in [5.74, 6) is 1.10. The fraction of sp³-hybridized carbons (Fsp3) is 0.615. The lowest BCUT2D eigenvalue weighted by atomic mass is 10.0. The van der Waals surface area contributed by atoms with E-state index >= 15 is 0 Å². The number of hydrogen-bond acceptors (Lipinski definition) is 3. The molecule has 172 valence electrons. The van der Waals surface area contributed by atoms with Crippen molar-refractivity contribution in [2.75, 3.05) is 6.61 Å². The Labute approximate surface area is 186 Å². The van der Waals surface area contributed by atoms with Crippen molar-refractivity contribution >= 4 is 0 Å². The summed E-state index contributed by atoms with van der Waals surface area (Å²) in [5.41, 5.74) is 2.30. The van der Waals surface area contributed by atoms with Gasteiger partial charge in [-0.15, -0.1) is 0 Å². The molecule has 0 radical (unpaired) electrons. The fourth-order valence-corrected chi connectivity index (χ4v) is 3.57. The van der Waals surface area contributed by atoms with Crippen LogP contribution in [-0.4, -0.2) is 28.9 Å². The molecular formula is C26H38F2N2O. The van der Waals surface area contributed by atoms with Crippen molar-refractivity contribution in [3.05, 3.63) is 42.2 Å². The van der Waals surface area contributed by atoms with Gasteiger partial charge in [-0.1, -0.05) is 83.1 Å². The van der Waals surface area contributed by atoms with E-state index in [0.717, 1.165) is 12.0 Å². The van der Waals surface area contributed by atoms with Gasteiger partial charge in [0.05, 0.1) is 19.0 Å². The molecule has 1 heterocycles. The first-order chi connectivity index (χ1) is 15.1. The molecule has 0 bridgehead atoms. The third kappa shape index (κ3) is 9.75. The molecule has 0 saturated carbocycles.